The Morgan fingerprint density at radius 2 is 2.00 bits per heavy atom. The smallest absolute Gasteiger partial charge is 0.189 e. The quantitative estimate of drug-likeness (QED) is 0.560. The van der Waals surface area contributed by atoms with E-state index in [0.29, 0.717) is 37.2 Å². The number of Topliss-reactive ketones (excluding diaryl/α,β-unsaturated/α-hetero) is 1. The molecule has 0 aromatic rings. The molecule has 0 aromatic carbocycles. The molecule has 0 heterocycles. The summed E-state index contributed by atoms with van der Waals surface area (Å²) in [7, 11) is 0. The van der Waals surface area contributed by atoms with Gasteiger partial charge in [0, 0.05) is 6.61 Å². The molecule has 1 fully saturated rings. The van der Waals surface area contributed by atoms with Crippen LogP contribution in [0.4, 0.5) is 0 Å². The Morgan fingerprint density at radius 1 is 1.25 bits per heavy atom. The van der Waals surface area contributed by atoms with Gasteiger partial charge in [-0.2, -0.15) is 0 Å². The lowest BCUT2D eigenvalue weighted by Crippen LogP contribution is -2.45. The zero-order chi connectivity index (χ0) is 18.0. The molecule has 4 atom stereocenters. The first kappa shape index (κ1) is 21.6. The van der Waals surface area contributed by atoms with E-state index < -0.39 is 5.60 Å². The van der Waals surface area contributed by atoms with Crippen molar-refractivity contribution in [3.05, 3.63) is 0 Å². The average molecular weight is 341 g/mol. The van der Waals surface area contributed by atoms with Crippen LogP contribution in [0.25, 0.3) is 0 Å². The zero-order valence-electron chi connectivity index (χ0n) is 16.5. The summed E-state index contributed by atoms with van der Waals surface area (Å²) in [5, 5.41) is 11.0. The van der Waals surface area contributed by atoms with Gasteiger partial charge >= 0.3 is 0 Å². The highest BCUT2D eigenvalue weighted by atomic mass is 16.5. The minimum absolute atomic E-state index is 0.0696. The van der Waals surface area contributed by atoms with Crippen molar-refractivity contribution in [2.45, 2.75) is 97.5 Å². The molecule has 3 nitrogen and oxygen atoms in total. The number of aliphatic hydroxyl groups is 1. The van der Waals surface area contributed by atoms with Crippen LogP contribution in [-0.2, 0) is 9.53 Å². The standard InChI is InChI=1S/C21H40O3/c1-5-7-9-17(3)12-13-24-16-20(22)21(23)14-18(4)10-8-11-19(6-2)15-21/h17-19,23H,5-16H2,1-4H3. The third-order valence-electron chi connectivity index (χ3n) is 5.76. The third-order valence-corrected chi connectivity index (χ3v) is 5.76. The number of carbonyl (C=O) groups is 1. The summed E-state index contributed by atoms with van der Waals surface area (Å²) >= 11 is 0. The first-order valence-electron chi connectivity index (χ1n) is 10.2. The van der Waals surface area contributed by atoms with Crippen LogP contribution in [0.2, 0.25) is 0 Å². The molecule has 0 bridgehead atoms. The SMILES string of the molecule is CCCCC(C)CCOCC(=O)C1(O)CC(C)CCCC(CC)C1. The molecule has 0 aliphatic heterocycles. The molecule has 0 saturated heterocycles. The normalized spacial score (nSPS) is 29.7. The van der Waals surface area contributed by atoms with Gasteiger partial charge in [-0.1, -0.05) is 72.6 Å². The molecule has 1 aliphatic rings. The Hall–Kier alpha value is -0.410. The summed E-state index contributed by atoms with van der Waals surface area (Å²) < 4.78 is 5.63. The maximum atomic E-state index is 12.6. The first-order valence-corrected chi connectivity index (χ1v) is 10.2. The Morgan fingerprint density at radius 3 is 2.67 bits per heavy atom. The highest BCUT2D eigenvalue weighted by Crippen LogP contribution is 2.35. The molecule has 24 heavy (non-hydrogen) atoms. The van der Waals surface area contributed by atoms with Crippen molar-refractivity contribution in [2.24, 2.45) is 17.8 Å². The fourth-order valence-electron chi connectivity index (χ4n) is 3.95. The number of ether oxygens (including phenoxy) is 1. The molecule has 4 unspecified atom stereocenters. The second kappa shape index (κ2) is 11.3. The molecule has 0 radical (unpaired) electrons. The maximum absolute atomic E-state index is 12.6. The predicted molar refractivity (Wildman–Crippen MR) is 100 cm³/mol. The van der Waals surface area contributed by atoms with Crippen molar-refractivity contribution in [3.63, 3.8) is 0 Å². The minimum Gasteiger partial charge on any atom is -0.382 e. The van der Waals surface area contributed by atoms with Crippen molar-refractivity contribution in [3.8, 4) is 0 Å². The summed E-state index contributed by atoms with van der Waals surface area (Å²) in [6.45, 7) is 9.47. The molecule has 1 N–H and O–H groups in total. The molecular weight excluding hydrogens is 300 g/mol. The van der Waals surface area contributed by atoms with E-state index in [0.717, 1.165) is 25.7 Å². The topological polar surface area (TPSA) is 46.5 Å². The summed E-state index contributed by atoms with van der Waals surface area (Å²) in [5.41, 5.74) is -1.17. The van der Waals surface area contributed by atoms with Gasteiger partial charge in [-0.25, -0.2) is 0 Å². The van der Waals surface area contributed by atoms with E-state index in [-0.39, 0.29) is 12.4 Å². The Kier molecular flexibility index (Phi) is 10.1. The van der Waals surface area contributed by atoms with Gasteiger partial charge in [0.1, 0.15) is 12.2 Å². The maximum Gasteiger partial charge on any atom is 0.189 e. The first-order chi connectivity index (χ1) is 11.4. The van der Waals surface area contributed by atoms with Gasteiger partial charge < -0.3 is 9.84 Å². The van der Waals surface area contributed by atoms with Crippen LogP contribution in [0.1, 0.15) is 91.9 Å². The van der Waals surface area contributed by atoms with Crippen LogP contribution in [0.3, 0.4) is 0 Å². The molecular formula is C21H40O3. The van der Waals surface area contributed by atoms with Gasteiger partial charge in [0.05, 0.1) is 0 Å². The fourth-order valence-corrected chi connectivity index (χ4v) is 3.95. The summed E-state index contributed by atoms with van der Waals surface area (Å²) in [4.78, 5) is 12.6. The Labute approximate surface area is 149 Å². The lowest BCUT2D eigenvalue weighted by Gasteiger charge is -2.35. The van der Waals surface area contributed by atoms with E-state index in [1.54, 1.807) is 0 Å². The predicted octanol–water partition coefficient (Wildman–Crippen LogP) is 5.15. The highest BCUT2D eigenvalue weighted by Gasteiger charge is 2.39. The molecule has 0 aromatic heterocycles. The molecule has 1 aliphatic carbocycles. The van der Waals surface area contributed by atoms with Gasteiger partial charge in [0.25, 0.3) is 0 Å². The monoisotopic (exact) mass is 340 g/mol. The van der Waals surface area contributed by atoms with Crippen molar-refractivity contribution in [1.29, 1.82) is 0 Å². The largest absolute Gasteiger partial charge is 0.382 e. The highest BCUT2D eigenvalue weighted by molar-refractivity contribution is 5.88. The van der Waals surface area contributed by atoms with Gasteiger partial charge in [-0.05, 0) is 37.0 Å². The van der Waals surface area contributed by atoms with Crippen LogP contribution in [-0.4, -0.2) is 29.7 Å². The number of hydrogen-bond acceptors (Lipinski definition) is 3. The molecule has 142 valence electrons. The molecule has 0 amide bonds. The van der Waals surface area contributed by atoms with Gasteiger partial charge in [-0.3, -0.25) is 4.79 Å². The van der Waals surface area contributed by atoms with E-state index in [9.17, 15) is 9.90 Å². The van der Waals surface area contributed by atoms with E-state index in [1.807, 2.05) is 0 Å². The summed E-state index contributed by atoms with van der Waals surface area (Å²) in [5.74, 6) is 1.41. The van der Waals surface area contributed by atoms with Crippen LogP contribution in [0, 0.1) is 17.8 Å². The molecule has 1 saturated carbocycles. The van der Waals surface area contributed by atoms with E-state index >= 15 is 0 Å². The number of carbonyl (C=O) groups excluding carboxylic acids is 1. The van der Waals surface area contributed by atoms with Gasteiger partial charge in [0.15, 0.2) is 5.78 Å². The van der Waals surface area contributed by atoms with Crippen LogP contribution < -0.4 is 0 Å². The number of hydrogen-bond donors (Lipinski definition) is 1. The second-order valence-electron chi connectivity index (χ2n) is 8.26. The fraction of sp³-hybridized carbons (Fsp3) is 0.952. The van der Waals surface area contributed by atoms with Crippen molar-refractivity contribution >= 4 is 5.78 Å². The second-order valence-corrected chi connectivity index (χ2v) is 8.26. The summed E-state index contributed by atoms with van der Waals surface area (Å²) in [6.07, 6.45) is 10.4. The van der Waals surface area contributed by atoms with Crippen LogP contribution in [0.5, 0.6) is 0 Å². The number of rotatable bonds is 10. The minimum atomic E-state index is -1.17. The Balaban J connectivity index is 2.44. The molecule has 0 spiro atoms. The average Bonchev–Trinajstić information content (AvgIpc) is 2.53. The van der Waals surface area contributed by atoms with Crippen molar-refractivity contribution < 1.29 is 14.6 Å². The van der Waals surface area contributed by atoms with Crippen LogP contribution in [0.15, 0.2) is 0 Å². The lowest BCUT2D eigenvalue weighted by atomic mass is 9.74. The lowest BCUT2D eigenvalue weighted by molar-refractivity contribution is -0.147. The van der Waals surface area contributed by atoms with E-state index in [1.165, 1.54) is 25.7 Å². The molecule has 3 heteroatoms. The number of ketones is 1. The van der Waals surface area contributed by atoms with E-state index in [2.05, 4.69) is 27.7 Å². The summed E-state index contributed by atoms with van der Waals surface area (Å²) in [6, 6.07) is 0. The number of unbranched alkanes of at least 4 members (excludes halogenated alkanes) is 1. The third kappa shape index (κ3) is 7.65. The van der Waals surface area contributed by atoms with Gasteiger partial charge in [-0.15, -0.1) is 0 Å². The Bertz CT molecular complexity index is 355. The van der Waals surface area contributed by atoms with Crippen molar-refractivity contribution in [1.82, 2.24) is 0 Å². The van der Waals surface area contributed by atoms with E-state index in [4.69, 9.17) is 4.74 Å². The zero-order valence-corrected chi connectivity index (χ0v) is 16.5. The van der Waals surface area contributed by atoms with Crippen molar-refractivity contribution in [2.75, 3.05) is 13.2 Å². The van der Waals surface area contributed by atoms with Gasteiger partial charge in [0.2, 0.25) is 0 Å². The van der Waals surface area contributed by atoms with Crippen LogP contribution >= 0.6 is 0 Å². The molecule has 1 rings (SSSR count).